The van der Waals surface area contributed by atoms with Crippen LogP contribution in [0.15, 0.2) is 0 Å². The van der Waals surface area contributed by atoms with Crippen LogP contribution >= 0.6 is 0 Å². The number of ether oxygens (including phenoxy) is 1. The number of amides is 1. The summed E-state index contributed by atoms with van der Waals surface area (Å²) in [7, 11) is 1.79. The molecule has 2 saturated heterocycles. The molecule has 4 nitrogen and oxygen atoms in total. The topological polar surface area (TPSA) is 32.8 Å². The van der Waals surface area contributed by atoms with E-state index in [0.717, 1.165) is 31.5 Å². The van der Waals surface area contributed by atoms with E-state index >= 15 is 0 Å². The van der Waals surface area contributed by atoms with Gasteiger partial charge in [0.2, 0.25) is 5.91 Å². The number of hydrogen-bond donors (Lipinski definition) is 0. The molecule has 0 N–H and O–H groups in total. The number of nitrogens with zero attached hydrogens (tertiary/aromatic N) is 2. The molecule has 2 aliphatic heterocycles. The predicted octanol–water partition coefficient (Wildman–Crippen LogP) is 2.13. The molecule has 0 aromatic rings. The van der Waals surface area contributed by atoms with Crippen LogP contribution in [0.4, 0.5) is 0 Å². The minimum absolute atomic E-state index is 0.288. The molecule has 4 heteroatoms. The quantitative estimate of drug-likeness (QED) is 0.754. The molecule has 3 unspecified atom stereocenters. The molecule has 0 spiro atoms. The average Bonchev–Trinajstić information content (AvgIpc) is 3.40. The van der Waals surface area contributed by atoms with E-state index < -0.39 is 0 Å². The van der Waals surface area contributed by atoms with Crippen LogP contribution in [0.3, 0.4) is 0 Å². The monoisotopic (exact) mass is 306 g/mol. The molecule has 124 valence electrons. The third-order valence-electron chi connectivity index (χ3n) is 6.36. The van der Waals surface area contributed by atoms with E-state index in [4.69, 9.17) is 4.74 Å². The van der Waals surface area contributed by atoms with E-state index in [9.17, 15) is 4.79 Å². The lowest BCUT2D eigenvalue weighted by atomic mass is 9.95. The zero-order chi connectivity index (χ0) is 15.3. The predicted molar refractivity (Wildman–Crippen MR) is 85.5 cm³/mol. The molecule has 3 atom stereocenters. The minimum atomic E-state index is 0.288. The van der Waals surface area contributed by atoms with Gasteiger partial charge in [-0.1, -0.05) is 0 Å². The molecule has 0 aromatic heterocycles. The summed E-state index contributed by atoms with van der Waals surface area (Å²) in [5, 5.41) is 0. The number of rotatable bonds is 6. The summed E-state index contributed by atoms with van der Waals surface area (Å²) in [5.41, 5.74) is 0. The van der Waals surface area contributed by atoms with Gasteiger partial charge in [0.15, 0.2) is 0 Å². The molecule has 4 rings (SSSR count). The lowest BCUT2D eigenvalue weighted by Crippen LogP contribution is -2.57. The van der Waals surface area contributed by atoms with Gasteiger partial charge in [0.1, 0.15) is 0 Å². The van der Waals surface area contributed by atoms with Gasteiger partial charge in [0.25, 0.3) is 0 Å². The maximum Gasteiger partial charge on any atom is 0.226 e. The Bertz CT molecular complexity index is 407. The summed E-state index contributed by atoms with van der Waals surface area (Å²) in [6.07, 6.45) is 7.98. The van der Waals surface area contributed by atoms with Crippen molar-refractivity contribution >= 4 is 5.91 Å². The van der Waals surface area contributed by atoms with Crippen molar-refractivity contribution in [3.8, 4) is 0 Å². The Balaban J connectivity index is 1.40. The summed E-state index contributed by atoms with van der Waals surface area (Å²) in [5.74, 6) is 2.33. The molecule has 2 saturated carbocycles. The summed E-state index contributed by atoms with van der Waals surface area (Å²) >= 11 is 0. The van der Waals surface area contributed by atoms with E-state index in [0.29, 0.717) is 23.9 Å². The smallest absolute Gasteiger partial charge is 0.226 e. The van der Waals surface area contributed by atoms with Gasteiger partial charge in [-0.15, -0.1) is 0 Å². The third-order valence-corrected chi connectivity index (χ3v) is 6.36. The highest BCUT2D eigenvalue weighted by molar-refractivity contribution is 5.80. The van der Waals surface area contributed by atoms with E-state index in [1.165, 1.54) is 38.5 Å². The van der Waals surface area contributed by atoms with Gasteiger partial charge in [0.05, 0.1) is 6.10 Å². The van der Waals surface area contributed by atoms with Crippen molar-refractivity contribution < 1.29 is 9.53 Å². The molecular formula is C18H30N2O2. The average molecular weight is 306 g/mol. The lowest BCUT2D eigenvalue weighted by Gasteiger charge is -2.43. The first-order chi connectivity index (χ1) is 10.7. The molecule has 1 amide bonds. The highest BCUT2D eigenvalue weighted by Crippen LogP contribution is 2.50. The number of methoxy groups -OCH3 is 1. The number of hydrogen-bond acceptors (Lipinski definition) is 3. The molecule has 0 aromatic carbocycles. The number of likely N-dealkylation sites (tertiary alicyclic amines) is 1. The maximum atomic E-state index is 13.0. The second-order valence-corrected chi connectivity index (χ2v) is 8.07. The second kappa shape index (κ2) is 5.79. The molecule has 4 aliphatic rings. The Hall–Kier alpha value is -0.610. The van der Waals surface area contributed by atoms with Crippen LogP contribution in [0.1, 0.15) is 45.4 Å². The van der Waals surface area contributed by atoms with Crippen LogP contribution in [-0.4, -0.2) is 60.6 Å². The van der Waals surface area contributed by atoms with Gasteiger partial charge in [0, 0.05) is 44.7 Å². The van der Waals surface area contributed by atoms with Crippen molar-refractivity contribution in [2.45, 2.75) is 63.6 Å². The van der Waals surface area contributed by atoms with Gasteiger partial charge in [-0.25, -0.2) is 0 Å². The summed E-state index contributed by atoms with van der Waals surface area (Å²) in [6, 6.07) is 1.14. The highest BCUT2D eigenvalue weighted by atomic mass is 16.5. The fraction of sp³-hybridized carbons (Fsp3) is 0.944. The van der Waals surface area contributed by atoms with Crippen LogP contribution in [-0.2, 0) is 9.53 Å². The van der Waals surface area contributed by atoms with Crippen LogP contribution in [0.25, 0.3) is 0 Å². The fourth-order valence-electron chi connectivity index (χ4n) is 4.75. The number of carbonyl (C=O) groups excluding carboxylic acids is 1. The standard InChI is InChI=1S/C18H30N2O2/c1-12(22-2)9-20-15-7-8-16(20)11-19(10-15)18(21)17(13-3-4-13)14-5-6-14/h12-17H,3-11H2,1-2H3. The Morgan fingerprint density at radius 3 is 2.05 bits per heavy atom. The molecule has 0 radical (unpaired) electrons. The molecule has 2 heterocycles. The van der Waals surface area contributed by atoms with Gasteiger partial charge < -0.3 is 9.64 Å². The first-order valence-corrected chi connectivity index (χ1v) is 9.24. The molecule has 22 heavy (non-hydrogen) atoms. The van der Waals surface area contributed by atoms with Crippen LogP contribution in [0.5, 0.6) is 0 Å². The maximum absolute atomic E-state index is 13.0. The Morgan fingerprint density at radius 2 is 1.59 bits per heavy atom. The first kappa shape index (κ1) is 14.9. The zero-order valence-electron chi connectivity index (χ0n) is 14.0. The van der Waals surface area contributed by atoms with Crippen molar-refractivity contribution in [2.75, 3.05) is 26.7 Å². The lowest BCUT2D eigenvalue weighted by molar-refractivity contribution is -0.140. The molecular weight excluding hydrogens is 276 g/mol. The van der Waals surface area contributed by atoms with Gasteiger partial charge >= 0.3 is 0 Å². The van der Waals surface area contributed by atoms with Crippen molar-refractivity contribution in [2.24, 2.45) is 17.8 Å². The highest BCUT2D eigenvalue weighted by Gasteiger charge is 2.49. The van der Waals surface area contributed by atoms with E-state index in [2.05, 4.69) is 16.7 Å². The van der Waals surface area contributed by atoms with Crippen LogP contribution in [0, 0.1) is 17.8 Å². The van der Waals surface area contributed by atoms with E-state index in [-0.39, 0.29) is 6.10 Å². The van der Waals surface area contributed by atoms with Crippen molar-refractivity contribution in [3.63, 3.8) is 0 Å². The largest absolute Gasteiger partial charge is 0.380 e. The normalized spacial score (nSPS) is 33.5. The van der Waals surface area contributed by atoms with Gasteiger partial charge in [-0.05, 0) is 57.3 Å². The zero-order valence-corrected chi connectivity index (χ0v) is 14.0. The Kier molecular flexibility index (Phi) is 3.93. The summed E-state index contributed by atoms with van der Waals surface area (Å²) in [4.78, 5) is 17.9. The van der Waals surface area contributed by atoms with E-state index in [1.54, 1.807) is 7.11 Å². The van der Waals surface area contributed by atoms with E-state index in [1.807, 2.05) is 0 Å². The van der Waals surface area contributed by atoms with Gasteiger partial charge in [-0.2, -0.15) is 0 Å². The SMILES string of the molecule is COC(C)CN1C2CCC1CN(C(=O)C(C1CC1)C1CC1)C2. The summed E-state index contributed by atoms with van der Waals surface area (Å²) in [6.45, 7) is 5.08. The van der Waals surface area contributed by atoms with Crippen molar-refractivity contribution in [1.82, 2.24) is 9.80 Å². The summed E-state index contributed by atoms with van der Waals surface area (Å²) < 4.78 is 5.45. The van der Waals surface area contributed by atoms with Crippen LogP contribution in [0.2, 0.25) is 0 Å². The molecule has 4 fully saturated rings. The third kappa shape index (κ3) is 2.80. The number of fused-ring (bicyclic) bond motifs is 2. The number of carbonyl (C=O) groups is 1. The fourth-order valence-corrected chi connectivity index (χ4v) is 4.75. The Labute approximate surface area is 134 Å². The number of piperazine rings is 1. The van der Waals surface area contributed by atoms with Gasteiger partial charge in [-0.3, -0.25) is 9.69 Å². The molecule has 2 aliphatic carbocycles. The minimum Gasteiger partial charge on any atom is -0.380 e. The van der Waals surface area contributed by atoms with Crippen LogP contribution < -0.4 is 0 Å². The van der Waals surface area contributed by atoms with Crippen molar-refractivity contribution in [3.05, 3.63) is 0 Å². The first-order valence-electron chi connectivity index (χ1n) is 9.24. The Morgan fingerprint density at radius 1 is 1.05 bits per heavy atom. The molecule has 2 bridgehead atoms. The second-order valence-electron chi connectivity index (χ2n) is 8.07. The van der Waals surface area contributed by atoms with Crippen molar-refractivity contribution in [1.29, 1.82) is 0 Å².